The van der Waals surface area contributed by atoms with Crippen LogP contribution >= 0.6 is 11.6 Å². The van der Waals surface area contributed by atoms with Crippen LogP contribution in [0.15, 0.2) is 54.6 Å². The maximum absolute atomic E-state index is 12.8. The summed E-state index contributed by atoms with van der Waals surface area (Å²) in [5.74, 6) is -0.109. The summed E-state index contributed by atoms with van der Waals surface area (Å²) in [6.07, 6.45) is 0. The molecule has 0 spiro atoms. The number of aryl methyl sites for hydroxylation is 1. The lowest BCUT2D eigenvalue weighted by atomic mass is 10.1. The SMILES string of the molecule is Cc1nn(Cc2ccccc2Cl)c(C)c1C(=O)N[C@H](C)c1ccccc1. The van der Waals surface area contributed by atoms with Crippen LogP contribution in [-0.4, -0.2) is 15.7 Å². The monoisotopic (exact) mass is 367 g/mol. The topological polar surface area (TPSA) is 46.9 Å². The van der Waals surface area contributed by atoms with E-state index in [1.54, 1.807) is 0 Å². The molecule has 2 aromatic carbocycles. The third kappa shape index (κ3) is 3.81. The average molecular weight is 368 g/mol. The van der Waals surface area contributed by atoms with Gasteiger partial charge in [-0.3, -0.25) is 9.48 Å². The van der Waals surface area contributed by atoms with E-state index in [9.17, 15) is 4.79 Å². The largest absolute Gasteiger partial charge is 0.345 e. The number of hydrogen-bond acceptors (Lipinski definition) is 2. The van der Waals surface area contributed by atoms with Crippen LogP contribution in [0, 0.1) is 13.8 Å². The van der Waals surface area contributed by atoms with Crippen molar-refractivity contribution in [2.45, 2.75) is 33.4 Å². The third-order valence-electron chi connectivity index (χ3n) is 4.53. The fraction of sp³-hybridized carbons (Fsp3) is 0.238. The molecule has 0 aliphatic carbocycles. The third-order valence-corrected chi connectivity index (χ3v) is 4.90. The minimum atomic E-state index is -0.109. The lowest BCUT2D eigenvalue weighted by molar-refractivity contribution is 0.0938. The van der Waals surface area contributed by atoms with E-state index in [1.807, 2.05) is 80.1 Å². The van der Waals surface area contributed by atoms with Gasteiger partial charge in [0, 0.05) is 10.7 Å². The number of carbonyl (C=O) groups is 1. The fourth-order valence-electron chi connectivity index (χ4n) is 3.06. The number of benzene rings is 2. The molecule has 1 heterocycles. The quantitative estimate of drug-likeness (QED) is 0.710. The zero-order valence-corrected chi connectivity index (χ0v) is 15.9. The van der Waals surface area contributed by atoms with Gasteiger partial charge < -0.3 is 5.32 Å². The Morgan fingerprint density at radius 2 is 1.77 bits per heavy atom. The van der Waals surface area contributed by atoms with Gasteiger partial charge in [0.15, 0.2) is 0 Å². The first-order chi connectivity index (χ1) is 12.5. The second-order valence-corrected chi connectivity index (χ2v) is 6.81. The summed E-state index contributed by atoms with van der Waals surface area (Å²) in [6.45, 7) is 6.29. The van der Waals surface area contributed by atoms with E-state index in [1.165, 1.54) is 0 Å². The number of halogens is 1. The highest BCUT2D eigenvalue weighted by atomic mass is 35.5. The van der Waals surface area contributed by atoms with Crippen molar-refractivity contribution in [3.8, 4) is 0 Å². The van der Waals surface area contributed by atoms with E-state index >= 15 is 0 Å². The highest BCUT2D eigenvalue weighted by molar-refractivity contribution is 6.31. The molecule has 0 radical (unpaired) electrons. The van der Waals surface area contributed by atoms with Crippen molar-refractivity contribution >= 4 is 17.5 Å². The molecular weight excluding hydrogens is 346 g/mol. The lowest BCUT2D eigenvalue weighted by Crippen LogP contribution is -2.27. The average Bonchev–Trinajstić information content (AvgIpc) is 2.91. The summed E-state index contributed by atoms with van der Waals surface area (Å²) in [5, 5.41) is 8.31. The van der Waals surface area contributed by atoms with Crippen LogP contribution in [0.4, 0.5) is 0 Å². The number of nitrogens with zero attached hydrogens (tertiary/aromatic N) is 2. The summed E-state index contributed by atoms with van der Waals surface area (Å²) in [6, 6.07) is 17.5. The zero-order valence-electron chi connectivity index (χ0n) is 15.2. The molecule has 134 valence electrons. The molecule has 0 fully saturated rings. The summed E-state index contributed by atoms with van der Waals surface area (Å²) < 4.78 is 1.83. The second-order valence-electron chi connectivity index (χ2n) is 6.40. The number of aromatic nitrogens is 2. The highest BCUT2D eigenvalue weighted by Gasteiger charge is 2.20. The maximum atomic E-state index is 12.8. The van der Waals surface area contributed by atoms with Gasteiger partial charge in [0.2, 0.25) is 0 Å². The molecule has 0 unspecified atom stereocenters. The molecule has 0 saturated carbocycles. The number of amides is 1. The van der Waals surface area contributed by atoms with E-state index in [0.717, 1.165) is 16.8 Å². The zero-order chi connectivity index (χ0) is 18.7. The van der Waals surface area contributed by atoms with Crippen LogP contribution in [0.3, 0.4) is 0 Å². The molecule has 1 amide bonds. The molecule has 0 saturated heterocycles. The Labute approximate surface area is 158 Å². The summed E-state index contributed by atoms with van der Waals surface area (Å²) in [7, 11) is 0. The van der Waals surface area contributed by atoms with E-state index in [2.05, 4.69) is 10.4 Å². The van der Waals surface area contributed by atoms with Crippen LogP contribution in [0.1, 0.15) is 45.8 Å². The molecule has 3 rings (SSSR count). The normalized spacial score (nSPS) is 12.0. The molecule has 26 heavy (non-hydrogen) atoms. The van der Waals surface area contributed by atoms with Gasteiger partial charge in [-0.25, -0.2) is 0 Å². The predicted octanol–water partition coefficient (Wildman–Crippen LogP) is 4.69. The van der Waals surface area contributed by atoms with Crippen LogP contribution in [0.5, 0.6) is 0 Å². The van der Waals surface area contributed by atoms with E-state index in [-0.39, 0.29) is 11.9 Å². The van der Waals surface area contributed by atoms with E-state index in [4.69, 9.17) is 11.6 Å². The standard InChI is InChI=1S/C21H22ClN3O/c1-14(17-9-5-4-6-10-17)23-21(26)20-15(2)24-25(16(20)3)13-18-11-7-8-12-19(18)22/h4-12,14H,13H2,1-3H3,(H,23,26)/t14-/m1/s1. The Kier molecular flexibility index (Phi) is 5.43. The van der Waals surface area contributed by atoms with Gasteiger partial charge in [0.25, 0.3) is 5.91 Å². The van der Waals surface area contributed by atoms with Crippen molar-refractivity contribution in [1.29, 1.82) is 0 Å². The first-order valence-electron chi connectivity index (χ1n) is 8.60. The number of carbonyl (C=O) groups excluding carboxylic acids is 1. The Bertz CT molecular complexity index is 918. The van der Waals surface area contributed by atoms with Crippen molar-refractivity contribution in [2.24, 2.45) is 0 Å². The van der Waals surface area contributed by atoms with Gasteiger partial charge in [-0.05, 0) is 38.0 Å². The Balaban J connectivity index is 1.81. The fourth-order valence-corrected chi connectivity index (χ4v) is 3.26. The molecule has 0 aliphatic heterocycles. The van der Waals surface area contributed by atoms with Gasteiger partial charge in [0.05, 0.1) is 23.8 Å². The van der Waals surface area contributed by atoms with Crippen LogP contribution in [-0.2, 0) is 6.54 Å². The van der Waals surface area contributed by atoms with Crippen molar-refractivity contribution < 1.29 is 4.79 Å². The van der Waals surface area contributed by atoms with Crippen molar-refractivity contribution in [1.82, 2.24) is 15.1 Å². The summed E-state index contributed by atoms with van der Waals surface area (Å²) in [4.78, 5) is 12.8. The first-order valence-corrected chi connectivity index (χ1v) is 8.98. The van der Waals surface area contributed by atoms with Crippen molar-refractivity contribution in [3.63, 3.8) is 0 Å². The number of rotatable bonds is 5. The highest BCUT2D eigenvalue weighted by Crippen LogP contribution is 2.20. The minimum absolute atomic E-state index is 0.0746. The van der Waals surface area contributed by atoms with Gasteiger partial charge in [-0.1, -0.05) is 60.1 Å². The Hall–Kier alpha value is -2.59. The molecule has 5 heteroatoms. The first kappa shape index (κ1) is 18.2. The van der Waals surface area contributed by atoms with Crippen LogP contribution < -0.4 is 5.32 Å². The molecule has 0 bridgehead atoms. The van der Waals surface area contributed by atoms with E-state index < -0.39 is 0 Å². The molecule has 1 N–H and O–H groups in total. The molecule has 0 aliphatic rings. The molecule has 1 aromatic heterocycles. The molecule has 3 aromatic rings. The van der Waals surface area contributed by atoms with E-state index in [0.29, 0.717) is 22.8 Å². The summed E-state index contributed by atoms with van der Waals surface area (Å²) >= 11 is 6.25. The lowest BCUT2D eigenvalue weighted by Gasteiger charge is -2.14. The second kappa shape index (κ2) is 7.75. The molecule has 4 nitrogen and oxygen atoms in total. The van der Waals surface area contributed by atoms with Crippen LogP contribution in [0.25, 0.3) is 0 Å². The van der Waals surface area contributed by atoms with Gasteiger partial charge in [-0.15, -0.1) is 0 Å². The van der Waals surface area contributed by atoms with Crippen molar-refractivity contribution in [3.05, 3.63) is 87.7 Å². The van der Waals surface area contributed by atoms with Gasteiger partial charge in [-0.2, -0.15) is 5.10 Å². The Morgan fingerprint density at radius 3 is 2.46 bits per heavy atom. The smallest absolute Gasteiger partial charge is 0.255 e. The maximum Gasteiger partial charge on any atom is 0.255 e. The van der Waals surface area contributed by atoms with Crippen molar-refractivity contribution in [2.75, 3.05) is 0 Å². The van der Waals surface area contributed by atoms with Crippen LogP contribution in [0.2, 0.25) is 5.02 Å². The number of hydrogen-bond donors (Lipinski definition) is 1. The summed E-state index contributed by atoms with van der Waals surface area (Å²) in [5.41, 5.74) is 4.22. The molecular formula is C21H22ClN3O. The van der Waals surface area contributed by atoms with Gasteiger partial charge >= 0.3 is 0 Å². The van der Waals surface area contributed by atoms with Gasteiger partial charge in [0.1, 0.15) is 0 Å². The Morgan fingerprint density at radius 1 is 1.12 bits per heavy atom. The molecule has 1 atom stereocenters. The minimum Gasteiger partial charge on any atom is -0.345 e. The number of nitrogens with one attached hydrogen (secondary N) is 1. The predicted molar refractivity (Wildman–Crippen MR) is 105 cm³/mol.